The monoisotopic (exact) mass is 742 g/mol. The first-order chi connectivity index (χ1) is 28.2. The number of allylic oxidation sites excluding steroid dienone is 28. The van der Waals surface area contributed by atoms with E-state index in [4.69, 9.17) is 0 Å². The normalized spacial score (nSPS) is 29.1. The summed E-state index contributed by atoms with van der Waals surface area (Å²) in [6.07, 6.45) is 58.4. The second-order valence-corrected chi connectivity index (χ2v) is 19.2. The first kappa shape index (κ1) is 34.6. The van der Waals surface area contributed by atoms with Crippen molar-refractivity contribution >= 4 is 5.57 Å². The molecule has 286 valence electrons. The van der Waals surface area contributed by atoms with Crippen LogP contribution in [0.2, 0.25) is 0 Å². The van der Waals surface area contributed by atoms with Crippen LogP contribution in [0.1, 0.15) is 121 Å². The molecule has 11 aliphatic rings. The van der Waals surface area contributed by atoms with E-state index < -0.39 is 0 Å². The maximum absolute atomic E-state index is 2.86. The molecule has 0 bridgehead atoms. The van der Waals surface area contributed by atoms with Crippen LogP contribution >= 0.6 is 0 Å². The quantitative estimate of drug-likeness (QED) is 0.272. The Hall–Kier alpha value is -4.42. The van der Waals surface area contributed by atoms with E-state index in [1.807, 2.05) is 0 Å². The van der Waals surface area contributed by atoms with Crippen LogP contribution in [-0.4, -0.2) is 0 Å². The summed E-state index contributed by atoms with van der Waals surface area (Å²) in [4.78, 5) is 0. The third-order valence-electron chi connectivity index (χ3n) is 16.5. The number of hydrogen-bond acceptors (Lipinski definition) is 0. The first-order valence-electron chi connectivity index (χ1n) is 23.1. The van der Waals surface area contributed by atoms with Gasteiger partial charge in [0.05, 0.1) is 5.41 Å². The standard InChI is InChI=1S/C57H58/c1-2-16-40(17-3-1)42-18-4-5-19-43(42)41(34-38-28-30-48-44-20-6-10-24-50(44)56(54(48)36-38)32-14-15-33-56)35-39-29-31-49-47-23-9-13-27-53(47)57(55(49)37-39)51-25-11-7-21-45(51)46-22-8-12-26-52(46)57/h1-3,6,10-13,16-19,24-27,30,36-38,41,44H,4-5,7-9,14-15,20-23,28-29,31-35H2. The smallest absolute Gasteiger partial charge is 0.0712 e. The molecule has 0 radical (unpaired) electrons. The van der Waals surface area contributed by atoms with Gasteiger partial charge in [0.15, 0.2) is 0 Å². The topological polar surface area (TPSA) is 0 Å². The molecule has 2 spiro atoms. The molecule has 12 rings (SSSR count). The Labute approximate surface area is 341 Å². The molecule has 2 saturated carbocycles. The molecule has 0 aliphatic heterocycles. The average molecular weight is 743 g/mol. The summed E-state index contributed by atoms with van der Waals surface area (Å²) in [5.74, 6) is 1.72. The van der Waals surface area contributed by atoms with Gasteiger partial charge in [-0.2, -0.15) is 0 Å². The Kier molecular flexibility index (Phi) is 8.24. The van der Waals surface area contributed by atoms with Crippen molar-refractivity contribution in [2.24, 2.45) is 28.6 Å². The van der Waals surface area contributed by atoms with Crippen LogP contribution in [0.25, 0.3) is 5.57 Å². The van der Waals surface area contributed by atoms with Crippen molar-refractivity contribution in [2.45, 2.75) is 116 Å². The van der Waals surface area contributed by atoms with E-state index in [1.165, 1.54) is 114 Å². The molecule has 0 amide bonds. The van der Waals surface area contributed by atoms with Gasteiger partial charge in [-0.05, 0) is 187 Å². The third-order valence-corrected chi connectivity index (χ3v) is 16.5. The van der Waals surface area contributed by atoms with Gasteiger partial charge in [0.1, 0.15) is 0 Å². The lowest BCUT2D eigenvalue weighted by molar-refractivity contribution is 0.432. The Morgan fingerprint density at radius 2 is 1.33 bits per heavy atom. The zero-order valence-corrected chi connectivity index (χ0v) is 33.9. The van der Waals surface area contributed by atoms with E-state index >= 15 is 0 Å². The van der Waals surface area contributed by atoms with Crippen LogP contribution in [0.15, 0.2) is 188 Å². The summed E-state index contributed by atoms with van der Waals surface area (Å²) in [6.45, 7) is 0. The van der Waals surface area contributed by atoms with Gasteiger partial charge in [-0.3, -0.25) is 0 Å². The number of fused-ring (bicyclic) bond motifs is 11. The van der Waals surface area contributed by atoms with Crippen molar-refractivity contribution in [1.29, 1.82) is 0 Å². The molecule has 11 aliphatic carbocycles. The molecule has 57 heavy (non-hydrogen) atoms. The zero-order chi connectivity index (χ0) is 37.6. The van der Waals surface area contributed by atoms with E-state index in [1.54, 1.807) is 72.5 Å². The lowest BCUT2D eigenvalue weighted by atomic mass is 9.64. The van der Waals surface area contributed by atoms with E-state index in [0.717, 1.165) is 12.8 Å². The summed E-state index contributed by atoms with van der Waals surface area (Å²) in [5, 5.41) is 0. The number of rotatable bonds is 6. The zero-order valence-electron chi connectivity index (χ0n) is 33.9. The van der Waals surface area contributed by atoms with Crippen molar-refractivity contribution in [3.8, 4) is 0 Å². The summed E-state index contributed by atoms with van der Waals surface area (Å²) >= 11 is 0. The Morgan fingerprint density at radius 3 is 2.05 bits per heavy atom. The maximum Gasteiger partial charge on any atom is 0.0712 e. The van der Waals surface area contributed by atoms with Crippen LogP contribution in [0.5, 0.6) is 0 Å². The van der Waals surface area contributed by atoms with Gasteiger partial charge in [-0.1, -0.05) is 139 Å². The molecule has 1 aromatic carbocycles. The van der Waals surface area contributed by atoms with Crippen LogP contribution in [0, 0.1) is 28.6 Å². The van der Waals surface area contributed by atoms with Gasteiger partial charge in [0, 0.05) is 11.3 Å². The highest BCUT2D eigenvalue weighted by atomic mass is 14.6. The lowest BCUT2D eigenvalue weighted by Crippen LogP contribution is -2.27. The van der Waals surface area contributed by atoms with Crippen molar-refractivity contribution in [3.05, 3.63) is 193 Å². The number of hydrogen-bond donors (Lipinski definition) is 0. The molecular formula is C57H58. The third kappa shape index (κ3) is 5.11. The van der Waals surface area contributed by atoms with Gasteiger partial charge < -0.3 is 0 Å². The minimum atomic E-state index is -0.103. The summed E-state index contributed by atoms with van der Waals surface area (Å²) in [5.41, 5.74) is 25.0. The van der Waals surface area contributed by atoms with Crippen LogP contribution < -0.4 is 0 Å². The van der Waals surface area contributed by atoms with Crippen molar-refractivity contribution in [3.63, 3.8) is 0 Å². The maximum atomic E-state index is 2.86. The summed E-state index contributed by atoms with van der Waals surface area (Å²) in [6, 6.07) is 11.4. The first-order valence-corrected chi connectivity index (χ1v) is 23.1. The second-order valence-electron chi connectivity index (χ2n) is 19.2. The predicted molar refractivity (Wildman–Crippen MR) is 238 cm³/mol. The van der Waals surface area contributed by atoms with Crippen molar-refractivity contribution < 1.29 is 0 Å². The fourth-order valence-electron chi connectivity index (χ4n) is 14.3. The van der Waals surface area contributed by atoms with Crippen LogP contribution in [0.4, 0.5) is 0 Å². The Morgan fingerprint density at radius 1 is 0.649 bits per heavy atom. The summed E-state index contributed by atoms with van der Waals surface area (Å²) in [7, 11) is 0. The molecule has 1 aromatic rings. The molecule has 0 heteroatoms. The average Bonchev–Trinajstić information content (AvgIpc) is 4.03. The van der Waals surface area contributed by atoms with Gasteiger partial charge in [0.2, 0.25) is 0 Å². The van der Waals surface area contributed by atoms with Crippen LogP contribution in [-0.2, 0) is 0 Å². The molecule has 3 atom stereocenters. The van der Waals surface area contributed by atoms with Gasteiger partial charge in [-0.25, -0.2) is 0 Å². The lowest BCUT2D eigenvalue weighted by Gasteiger charge is -2.38. The molecule has 0 nitrogen and oxygen atoms in total. The molecule has 0 heterocycles. The molecular weight excluding hydrogens is 685 g/mol. The highest BCUT2D eigenvalue weighted by Gasteiger charge is 2.55. The fourth-order valence-corrected chi connectivity index (χ4v) is 14.3. The molecule has 2 fully saturated rings. The van der Waals surface area contributed by atoms with E-state index in [9.17, 15) is 0 Å². The van der Waals surface area contributed by atoms with Crippen molar-refractivity contribution in [2.75, 3.05) is 0 Å². The van der Waals surface area contributed by atoms with E-state index in [0.29, 0.717) is 23.2 Å². The minimum absolute atomic E-state index is 0.103. The largest absolute Gasteiger partial charge is 0.0839 e. The fraction of sp³-hybridized carbons (Fsp3) is 0.404. The molecule has 0 N–H and O–H groups in total. The van der Waals surface area contributed by atoms with Gasteiger partial charge >= 0.3 is 0 Å². The highest BCUT2D eigenvalue weighted by Crippen LogP contribution is 2.68. The van der Waals surface area contributed by atoms with E-state index in [-0.39, 0.29) is 5.41 Å². The Balaban J connectivity index is 0.949. The second kappa shape index (κ2) is 13.6. The van der Waals surface area contributed by atoms with Gasteiger partial charge in [-0.15, -0.1) is 0 Å². The minimum Gasteiger partial charge on any atom is -0.0839 e. The van der Waals surface area contributed by atoms with Gasteiger partial charge in [0.25, 0.3) is 0 Å². The van der Waals surface area contributed by atoms with Crippen molar-refractivity contribution in [1.82, 2.24) is 0 Å². The molecule has 3 unspecified atom stereocenters. The summed E-state index contributed by atoms with van der Waals surface area (Å²) < 4.78 is 0. The van der Waals surface area contributed by atoms with Crippen LogP contribution in [0.3, 0.4) is 0 Å². The number of benzene rings is 1. The highest BCUT2D eigenvalue weighted by molar-refractivity contribution is 5.82. The molecule has 0 aromatic heterocycles. The molecule has 0 saturated heterocycles. The predicted octanol–water partition coefficient (Wildman–Crippen LogP) is 15.1. The Bertz CT molecular complexity index is 2340. The van der Waals surface area contributed by atoms with E-state index in [2.05, 4.69) is 115 Å². The SMILES string of the molecule is C1=CCC2C3=CCC(CC(CC4=CC5=C(CC4)C4=C(C=CCC4)C54C5=C(CCC=C5)C5=C4C=CCC5)C4=CCCC=C4c4ccccc4)C=C3C3(CCCC3)C2=C1.